The molecule has 0 aliphatic heterocycles. The molecule has 0 saturated carbocycles. The summed E-state index contributed by atoms with van der Waals surface area (Å²) in [6.07, 6.45) is 0. The van der Waals surface area contributed by atoms with Crippen LogP contribution in [0.3, 0.4) is 0 Å². The SMILES string of the molecule is CC(=O)c1ccccc1C[Si+](C)C. The van der Waals surface area contributed by atoms with Crippen molar-refractivity contribution in [3.8, 4) is 0 Å². The molecule has 0 saturated heterocycles. The second-order valence-corrected chi connectivity index (χ2v) is 6.36. The lowest BCUT2D eigenvalue weighted by molar-refractivity contribution is 0.101. The summed E-state index contributed by atoms with van der Waals surface area (Å²) in [5.41, 5.74) is 2.11. The highest BCUT2D eigenvalue weighted by Crippen LogP contribution is 2.11. The zero-order chi connectivity index (χ0) is 9.84. The number of benzene rings is 1. The standard InChI is InChI=1S/C11H15OSi/c1-9(12)11-7-5-4-6-10(11)8-13(2)3/h4-7H,8H2,1-3H3/q+1. The molecule has 0 bridgehead atoms. The van der Waals surface area contributed by atoms with E-state index in [1.165, 1.54) is 5.56 Å². The van der Waals surface area contributed by atoms with Crippen LogP contribution in [0.25, 0.3) is 0 Å². The molecule has 0 fully saturated rings. The maximum atomic E-state index is 11.3. The third kappa shape index (κ3) is 2.81. The Morgan fingerprint density at radius 1 is 1.31 bits per heavy atom. The molecule has 1 rings (SSSR count). The van der Waals surface area contributed by atoms with Crippen molar-refractivity contribution in [1.82, 2.24) is 0 Å². The first kappa shape index (κ1) is 10.2. The number of rotatable bonds is 3. The third-order valence-corrected chi connectivity index (χ3v) is 3.03. The second-order valence-electron chi connectivity index (χ2n) is 3.60. The summed E-state index contributed by atoms with van der Waals surface area (Å²) in [5, 5.41) is 0. The Balaban J connectivity index is 2.98. The molecular weight excluding hydrogens is 176 g/mol. The highest BCUT2D eigenvalue weighted by Gasteiger charge is 2.16. The van der Waals surface area contributed by atoms with Crippen LogP contribution in [0.15, 0.2) is 24.3 Å². The summed E-state index contributed by atoms with van der Waals surface area (Å²) in [5.74, 6) is 0.179. The lowest BCUT2D eigenvalue weighted by Gasteiger charge is -2.01. The van der Waals surface area contributed by atoms with E-state index in [4.69, 9.17) is 0 Å². The summed E-state index contributed by atoms with van der Waals surface area (Å²) < 4.78 is 0. The van der Waals surface area contributed by atoms with Gasteiger partial charge in [0.2, 0.25) is 0 Å². The van der Waals surface area contributed by atoms with E-state index in [9.17, 15) is 4.79 Å². The Bertz CT molecular complexity index is 305. The van der Waals surface area contributed by atoms with E-state index in [0.29, 0.717) is 0 Å². The number of Topliss-reactive ketones (excluding diaryl/α,β-unsaturated/α-hetero) is 1. The van der Waals surface area contributed by atoms with Crippen LogP contribution in [0.1, 0.15) is 22.8 Å². The van der Waals surface area contributed by atoms with Gasteiger partial charge in [0.05, 0.1) is 19.1 Å². The fraction of sp³-hybridized carbons (Fsp3) is 0.364. The van der Waals surface area contributed by atoms with E-state index in [1.807, 2.05) is 18.2 Å². The van der Waals surface area contributed by atoms with Gasteiger partial charge in [-0.15, -0.1) is 0 Å². The molecule has 13 heavy (non-hydrogen) atoms. The summed E-state index contributed by atoms with van der Waals surface area (Å²) in [7, 11) is -0.294. The molecule has 0 aromatic heterocycles. The zero-order valence-corrected chi connectivity index (χ0v) is 9.42. The van der Waals surface area contributed by atoms with Gasteiger partial charge >= 0.3 is 8.80 Å². The minimum Gasteiger partial charge on any atom is -0.294 e. The van der Waals surface area contributed by atoms with Gasteiger partial charge in [-0.05, 0) is 12.5 Å². The van der Waals surface area contributed by atoms with E-state index in [0.717, 1.165) is 11.6 Å². The van der Waals surface area contributed by atoms with Crippen molar-refractivity contribution in [2.45, 2.75) is 26.1 Å². The highest BCUT2D eigenvalue weighted by atomic mass is 28.3. The number of carbonyl (C=O) groups excluding carboxylic acids is 1. The van der Waals surface area contributed by atoms with Gasteiger partial charge in [0.25, 0.3) is 0 Å². The molecule has 0 spiro atoms. The molecular formula is C11H15OSi+. The van der Waals surface area contributed by atoms with E-state index in [-0.39, 0.29) is 14.6 Å². The predicted octanol–water partition coefficient (Wildman–Crippen LogP) is 2.73. The van der Waals surface area contributed by atoms with Crippen molar-refractivity contribution < 1.29 is 4.79 Å². The molecule has 68 valence electrons. The van der Waals surface area contributed by atoms with Crippen LogP contribution in [-0.2, 0) is 6.04 Å². The maximum absolute atomic E-state index is 11.3. The van der Waals surface area contributed by atoms with Crippen molar-refractivity contribution >= 4 is 14.6 Å². The minimum atomic E-state index is -0.294. The second kappa shape index (κ2) is 4.37. The third-order valence-electron chi connectivity index (χ3n) is 1.94. The van der Waals surface area contributed by atoms with Crippen LogP contribution in [0.2, 0.25) is 13.1 Å². The average Bonchev–Trinajstić information content (AvgIpc) is 2.03. The summed E-state index contributed by atoms with van der Waals surface area (Å²) in [4.78, 5) is 11.3. The van der Waals surface area contributed by atoms with Crippen LogP contribution < -0.4 is 0 Å². The van der Waals surface area contributed by atoms with E-state index < -0.39 is 0 Å². The predicted molar refractivity (Wildman–Crippen MR) is 57.6 cm³/mol. The fourth-order valence-corrected chi connectivity index (χ4v) is 2.47. The van der Waals surface area contributed by atoms with Crippen molar-refractivity contribution in [2.75, 3.05) is 0 Å². The quantitative estimate of drug-likeness (QED) is 0.530. The molecule has 0 N–H and O–H groups in total. The van der Waals surface area contributed by atoms with Gasteiger partial charge in [-0.3, -0.25) is 4.79 Å². The van der Waals surface area contributed by atoms with E-state index in [2.05, 4.69) is 19.2 Å². The molecule has 0 aliphatic rings. The Labute approximate surface area is 81.4 Å². The van der Waals surface area contributed by atoms with Crippen LogP contribution >= 0.6 is 0 Å². The van der Waals surface area contributed by atoms with Gasteiger partial charge in [0.15, 0.2) is 5.78 Å². The van der Waals surface area contributed by atoms with Crippen molar-refractivity contribution in [1.29, 1.82) is 0 Å². The van der Waals surface area contributed by atoms with Gasteiger partial charge in [0.1, 0.15) is 0 Å². The lowest BCUT2D eigenvalue weighted by atomic mass is 10.1. The normalized spacial score (nSPS) is 9.77. The molecule has 2 heteroatoms. The molecule has 1 nitrogen and oxygen atoms in total. The summed E-state index contributed by atoms with van der Waals surface area (Å²) in [6.45, 7) is 6.17. The Hall–Kier alpha value is -0.893. The van der Waals surface area contributed by atoms with Gasteiger partial charge < -0.3 is 0 Å². The molecule has 1 aromatic rings. The molecule has 0 amide bonds. The van der Waals surface area contributed by atoms with Crippen LogP contribution in [0, 0.1) is 0 Å². The smallest absolute Gasteiger partial charge is 0.294 e. The number of carbonyl (C=O) groups is 1. The Morgan fingerprint density at radius 2 is 1.92 bits per heavy atom. The van der Waals surface area contributed by atoms with Crippen molar-refractivity contribution in [2.24, 2.45) is 0 Å². The fourth-order valence-electron chi connectivity index (χ4n) is 1.40. The molecule has 0 radical (unpaired) electrons. The van der Waals surface area contributed by atoms with Crippen LogP contribution in [0.4, 0.5) is 0 Å². The lowest BCUT2D eigenvalue weighted by Crippen LogP contribution is -2.09. The van der Waals surface area contributed by atoms with Gasteiger partial charge in [-0.1, -0.05) is 24.3 Å². The van der Waals surface area contributed by atoms with E-state index >= 15 is 0 Å². The monoisotopic (exact) mass is 191 g/mol. The van der Waals surface area contributed by atoms with Crippen molar-refractivity contribution in [3.63, 3.8) is 0 Å². The molecule has 0 atom stereocenters. The number of hydrogen-bond donors (Lipinski definition) is 0. The van der Waals surface area contributed by atoms with Crippen LogP contribution in [0.5, 0.6) is 0 Å². The topological polar surface area (TPSA) is 17.1 Å². The minimum absolute atomic E-state index is 0.179. The first-order valence-electron chi connectivity index (χ1n) is 4.49. The molecule has 0 unspecified atom stereocenters. The number of ketones is 1. The summed E-state index contributed by atoms with van der Waals surface area (Å²) in [6, 6.07) is 9.00. The maximum Gasteiger partial charge on any atom is 0.312 e. The zero-order valence-electron chi connectivity index (χ0n) is 8.42. The highest BCUT2D eigenvalue weighted by molar-refractivity contribution is 6.55. The molecule has 0 heterocycles. The van der Waals surface area contributed by atoms with Crippen LogP contribution in [-0.4, -0.2) is 14.6 Å². The molecule has 0 aliphatic carbocycles. The largest absolute Gasteiger partial charge is 0.312 e. The molecule has 1 aromatic carbocycles. The van der Waals surface area contributed by atoms with Gasteiger partial charge in [-0.25, -0.2) is 0 Å². The first-order chi connectivity index (χ1) is 6.11. The Morgan fingerprint density at radius 3 is 2.46 bits per heavy atom. The van der Waals surface area contributed by atoms with Gasteiger partial charge in [0, 0.05) is 5.56 Å². The summed E-state index contributed by atoms with van der Waals surface area (Å²) >= 11 is 0. The van der Waals surface area contributed by atoms with Gasteiger partial charge in [-0.2, -0.15) is 0 Å². The average molecular weight is 191 g/mol. The number of hydrogen-bond acceptors (Lipinski definition) is 1. The first-order valence-corrected chi connectivity index (χ1v) is 7.20. The Kier molecular flexibility index (Phi) is 3.43. The van der Waals surface area contributed by atoms with E-state index in [1.54, 1.807) is 6.92 Å². The van der Waals surface area contributed by atoms with Crippen molar-refractivity contribution in [3.05, 3.63) is 35.4 Å².